The third kappa shape index (κ3) is 6.70. The van der Waals surface area contributed by atoms with Gasteiger partial charge in [-0.05, 0) is 54.8 Å². The fourth-order valence-electron chi connectivity index (χ4n) is 2.90. The van der Waals surface area contributed by atoms with Gasteiger partial charge in [-0.2, -0.15) is 5.26 Å². The number of ether oxygens (including phenoxy) is 3. The topological polar surface area (TPSA) is 106 Å². The molecule has 0 aliphatic heterocycles. The number of carbonyl (C=O) groups excluding carboxylic acids is 1. The summed E-state index contributed by atoms with van der Waals surface area (Å²) < 4.78 is 16.9. The van der Waals surface area contributed by atoms with E-state index in [1.54, 1.807) is 12.1 Å². The molecule has 8 nitrogen and oxygen atoms in total. The Morgan fingerprint density at radius 3 is 2.71 bits per heavy atom. The fraction of sp³-hybridized carbons (Fsp3) is 0.250. The number of aryl methyl sites for hydroxylation is 2. The molecule has 1 heterocycles. The number of methoxy groups -OCH3 is 1. The monoisotopic (exact) mass is 498 g/mol. The predicted octanol–water partition coefficient (Wildman–Crippen LogP) is 5.07. The largest absolute Gasteiger partial charge is 0.493 e. The maximum atomic E-state index is 12.5. The van der Waals surface area contributed by atoms with Gasteiger partial charge < -0.3 is 14.2 Å². The minimum absolute atomic E-state index is 0.119. The van der Waals surface area contributed by atoms with Crippen molar-refractivity contribution in [2.45, 2.75) is 20.3 Å². The maximum absolute atomic E-state index is 12.5. The van der Waals surface area contributed by atoms with Crippen molar-refractivity contribution >= 4 is 40.1 Å². The molecule has 0 saturated carbocycles. The van der Waals surface area contributed by atoms with Crippen LogP contribution in [0.1, 0.15) is 23.1 Å². The summed E-state index contributed by atoms with van der Waals surface area (Å²) in [6.07, 6.45) is 2.12. The first-order chi connectivity index (χ1) is 16.4. The zero-order valence-electron chi connectivity index (χ0n) is 18.9. The molecule has 2 aromatic carbocycles. The Bertz CT molecular complexity index is 1240. The Morgan fingerprint density at radius 1 is 1.24 bits per heavy atom. The Hall–Kier alpha value is -3.61. The molecular formula is C24H23ClN4O4S. The molecule has 1 aromatic heterocycles. The number of nitrogens with zero attached hydrogens (tertiary/aromatic N) is 3. The number of hydrogen-bond acceptors (Lipinski definition) is 8. The van der Waals surface area contributed by atoms with E-state index in [2.05, 4.69) is 15.5 Å². The van der Waals surface area contributed by atoms with Crippen LogP contribution in [-0.2, 0) is 11.2 Å². The van der Waals surface area contributed by atoms with E-state index in [-0.39, 0.29) is 17.2 Å². The molecule has 3 rings (SSSR count). The number of benzene rings is 2. The average Bonchev–Trinajstić information content (AvgIpc) is 3.28. The van der Waals surface area contributed by atoms with Crippen LogP contribution in [0.4, 0.5) is 5.13 Å². The van der Waals surface area contributed by atoms with E-state index in [4.69, 9.17) is 25.8 Å². The third-order valence-electron chi connectivity index (χ3n) is 4.51. The standard InChI is InChI=1S/C24H23ClN4O4S/c1-4-21-28-29-24(34-21)27-23(30)17(14-26)11-16-12-19(25)22(20(13-16)31-3)33-9-8-32-18-7-5-6-15(2)10-18/h5-7,10-13H,4,8-9H2,1-3H3,(H,27,29,30)/b17-11-. The molecule has 0 fully saturated rings. The van der Waals surface area contributed by atoms with Gasteiger partial charge in [0.25, 0.3) is 5.91 Å². The minimum atomic E-state index is -0.593. The molecule has 10 heteroatoms. The van der Waals surface area contributed by atoms with E-state index in [1.165, 1.54) is 24.5 Å². The van der Waals surface area contributed by atoms with Crippen molar-refractivity contribution in [2.24, 2.45) is 0 Å². The van der Waals surface area contributed by atoms with Crippen molar-refractivity contribution < 1.29 is 19.0 Å². The maximum Gasteiger partial charge on any atom is 0.268 e. The summed E-state index contributed by atoms with van der Waals surface area (Å²) in [5.74, 6) is 0.871. The normalized spacial score (nSPS) is 11.0. The zero-order chi connectivity index (χ0) is 24.5. The van der Waals surface area contributed by atoms with Gasteiger partial charge in [-0.3, -0.25) is 10.1 Å². The first-order valence-electron chi connectivity index (χ1n) is 10.4. The Balaban J connectivity index is 1.68. The van der Waals surface area contributed by atoms with Gasteiger partial charge in [0.1, 0.15) is 35.6 Å². The van der Waals surface area contributed by atoms with Crippen molar-refractivity contribution in [3.63, 3.8) is 0 Å². The van der Waals surface area contributed by atoms with E-state index in [0.717, 1.165) is 16.3 Å². The highest BCUT2D eigenvalue weighted by Gasteiger charge is 2.15. The van der Waals surface area contributed by atoms with Crippen molar-refractivity contribution in [3.8, 4) is 23.3 Å². The van der Waals surface area contributed by atoms with Crippen LogP contribution >= 0.6 is 22.9 Å². The molecule has 0 atom stereocenters. The van der Waals surface area contributed by atoms with E-state index < -0.39 is 5.91 Å². The quantitative estimate of drug-likeness (QED) is 0.236. The first kappa shape index (κ1) is 25.0. The Kier molecular flexibility index (Phi) is 8.85. The minimum Gasteiger partial charge on any atom is -0.493 e. The summed E-state index contributed by atoms with van der Waals surface area (Å²) in [5.41, 5.74) is 1.49. The number of nitriles is 1. The van der Waals surface area contributed by atoms with Crippen LogP contribution < -0.4 is 19.5 Å². The summed E-state index contributed by atoms with van der Waals surface area (Å²) in [5, 5.41) is 21.3. The number of anilines is 1. The number of nitrogens with one attached hydrogen (secondary N) is 1. The van der Waals surface area contributed by atoms with Gasteiger partial charge in [0.15, 0.2) is 11.5 Å². The molecule has 0 aliphatic rings. The average molecular weight is 499 g/mol. The second-order valence-corrected chi connectivity index (χ2v) is 8.50. The second-order valence-electron chi connectivity index (χ2n) is 7.03. The zero-order valence-corrected chi connectivity index (χ0v) is 20.5. The van der Waals surface area contributed by atoms with Gasteiger partial charge in [0, 0.05) is 0 Å². The number of halogens is 1. The van der Waals surface area contributed by atoms with E-state index in [0.29, 0.717) is 35.2 Å². The lowest BCUT2D eigenvalue weighted by molar-refractivity contribution is -0.112. The van der Waals surface area contributed by atoms with E-state index in [1.807, 2.05) is 44.2 Å². The van der Waals surface area contributed by atoms with Crippen LogP contribution in [0.2, 0.25) is 5.02 Å². The smallest absolute Gasteiger partial charge is 0.268 e. The molecule has 0 saturated heterocycles. The number of carbonyl (C=O) groups is 1. The van der Waals surface area contributed by atoms with Gasteiger partial charge in [0.05, 0.1) is 12.1 Å². The molecule has 0 aliphatic carbocycles. The Morgan fingerprint density at radius 2 is 2.03 bits per heavy atom. The third-order valence-corrected chi connectivity index (χ3v) is 5.77. The van der Waals surface area contributed by atoms with E-state index >= 15 is 0 Å². The Labute approximate surface area is 206 Å². The van der Waals surface area contributed by atoms with Crippen molar-refractivity contribution in [2.75, 3.05) is 25.6 Å². The molecule has 0 spiro atoms. The molecule has 1 N–H and O–H groups in total. The highest BCUT2D eigenvalue weighted by atomic mass is 35.5. The molecule has 3 aromatic rings. The van der Waals surface area contributed by atoms with Crippen LogP contribution in [0.3, 0.4) is 0 Å². The summed E-state index contributed by atoms with van der Waals surface area (Å²) in [6, 6.07) is 12.8. The number of aromatic nitrogens is 2. The van der Waals surface area contributed by atoms with Gasteiger partial charge in [-0.15, -0.1) is 10.2 Å². The van der Waals surface area contributed by atoms with Crippen molar-refractivity contribution in [3.05, 3.63) is 63.1 Å². The second kappa shape index (κ2) is 12.0. The lowest BCUT2D eigenvalue weighted by Crippen LogP contribution is -2.13. The van der Waals surface area contributed by atoms with Gasteiger partial charge in [-0.1, -0.05) is 42.0 Å². The highest BCUT2D eigenvalue weighted by Crippen LogP contribution is 2.37. The van der Waals surface area contributed by atoms with Crippen LogP contribution in [0.25, 0.3) is 6.08 Å². The molecule has 0 radical (unpaired) electrons. The van der Waals surface area contributed by atoms with Crippen molar-refractivity contribution in [1.82, 2.24) is 10.2 Å². The van der Waals surface area contributed by atoms with Crippen molar-refractivity contribution in [1.29, 1.82) is 5.26 Å². The first-order valence-corrected chi connectivity index (χ1v) is 11.6. The summed E-state index contributed by atoms with van der Waals surface area (Å²) in [4.78, 5) is 12.5. The van der Waals surface area contributed by atoms with Crippen LogP contribution in [0, 0.1) is 18.3 Å². The lowest BCUT2D eigenvalue weighted by Gasteiger charge is -2.14. The summed E-state index contributed by atoms with van der Waals surface area (Å²) in [7, 11) is 1.48. The van der Waals surface area contributed by atoms with Gasteiger partial charge in [-0.25, -0.2) is 0 Å². The van der Waals surface area contributed by atoms with Gasteiger partial charge >= 0.3 is 0 Å². The molecule has 0 bridgehead atoms. The summed E-state index contributed by atoms with van der Waals surface area (Å²) in [6.45, 7) is 4.49. The molecule has 1 amide bonds. The predicted molar refractivity (Wildman–Crippen MR) is 132 cm³/mol. The van der Waals surface area contributed by atoms with E-state index in [9.17, 15) is 10.1 Å². The molecule has 34 heavy (non-hydrogen) atoms. The molecule has 176 valence electrons. The lowest BCUT2D eigenvalue weighted by atomic mass is 10.1. The highest BCUT2D eigenvalue weighted by molar-refractivity contribution is 7.15. The van der Waals surface area contributed by atoms with Crippen LogP contribution in [0.5, 0.6) is 17.2 Å². The number of amides is 1. The molecular weight excluding hydrogens is 476 g/mol. The SMILES string of the molecule is CCc1nnc(NC(=O)/C(C#N)=C\c2cc(Cl)c(OCCOc3cccc(C)c3)c(OC)c2)s1. The number of hydrogen-bond donors (Lipinski definition) is 1. The van der Waals surface area contributed by atoms with Gasteiger partial charge in [0.2, 0.25) is 5.13 Å². The fourth-order valence-corrected chi connectivity index (χ4v) is 3.85. The van der Waals surface area contributed by atoms with Crippen LogP contribution in [0.15, 0.2) is 42.0 Å². The number of rotatable bonds is 10. The molecule has 0 unspecified atom stereocenters. The summed E-state index contributed by atoms with van der Waals surface area (Å²) >= 11 is 7.67. The van der Waals surface area contributed by atoms with Crippen LogP contribution in [-0.4, -0.2) is 36.4 Å².